The van der Waals surface area contributed by atoms with Gasteiger partial charge in [-0.05, 0) is 73.4 Å². The van der Waals surface area contributed by atoms with Crippen LogP contribution in [0.25, 0.3) is 0 Å². The van der Waals surface area contributed by atoms with Crippen molar-refractivity contribution in [1.82, 2.24) is 10.6 Å². The number of hydrogen-bond donors (Lipinski definition) is 4. The Labute approximate surface area is 183 Å². The third kappa shape index (κ3) is 5.63. The van der Waals surface area contributed by atoms with E-state index in [4.69, 9.17) is 0 Å². The number of carbonyl (C=O) groups is 1. The molecule has 0 radical (unpaired) electrons. The maximum Gasteiger partial charge on any atom is 0.217 e. The number of rotatable bonds is 8. The minimum Gasteiger partial charge on any atom is -0.505 e. The number of phenols is 1. The zero-order valence-electron chi connectivity index (χ0n) is 18.5. The van der Waals surface area contributed by atoms with Gasteiger partial charge in [0.25, 0.3) is 0 Å². The van der Waals surface area contributed by atoms with Crippen molar-refractivity contribution in [1.29, 1.82) is 0 Å². The lowest BCUT2D eigenvalue weighted by atomic mass is 9.76. The Morgan fingerprint density at radius 2 is 1.97 bits per heavy atom. The highest BCUT2D eigenvalue weighted by Crippen LogP contribution is 2.35. The summed E-state index contributed by atoms with van der Waals surface area (Å²) in [4.78, 5) is 11.7. The van der Waals surface area contributed by atoms with E-state index >= 15 is 0 Å². The van der Waals surface area contributed by atoms with Crippen LogP contribution >= 0.6 is 0 Å². The van der Waals surface area contributed by atoms with E-state index in [9.17, 15) is 19.4 Å². The van der Waals surface area contributed by atoms with E-state index < -0.39 is 23.7 Å². The van der Waals surface area contributed by atoms with Crippen molar-refractivity contribution in [3.8, 4) is 5.75 Å². The van der Waals surface area contributed by atoms with Gasteiger partial charge in [0.2, 0.25) is 5.91 Å². The van der Waals surface area contributed by atoms with Gasteiger partial charge in [0.05, 0.1) is 12.1 Å². The second-order valence-corrected chi connectivity index (χ2v) is 8.78. The van der Waals surface area contributed by atoms with Crippen molar-refractivity contribution >= 4 is 5.91 Å². The SMILES string of the molecule is CCc1ccc2c(c1)C(C)(NCC(O)C(Cc1ccc(O)c(F)c1)NC(C)=O)CCC2. The van der Waals surface area contributed by atoms with Crippen LogP contribution in [-0.4, -0.2) is 34.8 Å². The van der Waals surface area contributed by atoms with Crippen LogP contribution in [0.3, 0.4) is 0 Å². The Bertz CT molecular complexity index is 933. The van der Waals surface area contributed by atoms with Crippen LogP contribution in [0.4, 0.5) is 4.39 Å². The zero-order chi connectivity index (χ0) is 22.6. The fourth-order valence-electron chi connectivity index (χ4n) is 4.47. The first-order valence-corrected chi connectivity index (χ1v) is 11.0. The quantitative estimate of drug-likeness (QED) is 0.520. The van der Waals surface area contributed by atoms with Gasteiger partial charge in [0.1, 0.15) is 0 Å². The summed E-state index contributed by atoms with van der Waals surface area (Å²) < 4.78 is 13.7. The molecule has 0 spiro atoms. The first-order valence-electron chi connectivity index (χ1n) is 11.0. The summed E-state index contributed by atoms with van der Waals surface area (Å²) in [6, 6.07) is 10.2. The number of fused-ring (bicyclic) bond motifs is 1. The van der Waals surface area contributed by atoms with Gasteiger partial charge in [-0.25, -0.2) is 4.39 Å². The standard InChI is InChI=1S/C25H33FN2O3/c1-4-17-7-9-19-6-5-11-25(3,20(19)12-17)27-15-24(31)22(28-16(2)29)14-18-8-10-23(30)21(26)13-18/h7-10,12-13,22,24,27,30-31H,4-6,11,14-15H2,1-3H3,(H,28,29). The summed E-state index contributed by atoms with van der Waals surface area (Å²) in [7, 11) is 0. The van der Waals surface area contributed by atoms with Gasteiger partial charge >= 0.3 is 0 Å². The first-order chi connectivity index (χ1) is 14.7. The minimum atomic E-state index is -0.864. The Morgan fingerprint density at radius 1 is 1.23 bits per heavy atom. The Hall–Kier alpha value is -2.44. The van der Waals surface area contributed by atoms with Crippen LogP contribution in [0.1, 0.15) is 55.9 Å². The molecule has 3 unspecified atom stereocenters. The van der Waals surface area contributed by atoms with E-state index in [1.807, 2.05) is 0 Å². The molecule has 3 atom stereocenters. The Balaban J connectivity index is 1.74. The van der Waals surface area contributed by atoms with Gasteiger partial charge in [-0.15, -0.1) is 0 Å². The zero-order valence-corrected chi connectivity index (χ0v) is 18.5. The van der Waals surface area contributed by atoms with Crippen LogP contribution in [0.15, 0.2) is 36.4 Å². The Kier molecular flexibility index (Phi) is 7.34. The summed E-state index contributed by atoms with van der Waals surface area (Å²) >= 11 is 0. The molecule has 4 N–H and O–H groups in total. The minimum absolute atomic E-state index is 0.257. The van der Waals surface area contributed by atoms with Crippen molar-refractivity contribution < 1.29 is 19.4 Å². The second kappa shape index (κ2) is 9.79. The van der Waals surface area contributed by atoms with Crippen molar-refractivity contribution in [3.63, 3.8) is 0 Å². The fraction of sp³-hybridized carbons (Fsp3) is 0.480. The molecule has 2 aromatic rings. The fourth-order valence-corrected chi connectivity index (χ4v) is 4.47. The third-order valence-corrected chi connectivity index (χ3v) is 6.32. The number of aromatic hydroxyl groups is 1. The predicted molar refractivity (Wildman–Crippen MR) is 119 cm³/mol. The number of carbonyl (C=O) groups excluding carboxylic acids is 1. The molecule has 0 fully saturated rings. The van der Waals surface area contributed by atoms with E-state index in [1.54, 1.807) is 6.07 Å². The van der Waals surface area contributed by atoms with Crippen LogP contribution < -0.4 is 10.6 Å². The summed E-state index contributed by atoms with van der Waals surface area (Å²) in [5.74, 6) is -1.40. The molecular weight excluding hydrogens is 395 g/mol. The predicted octanol–water partition coefficient (Wildman–Crippen LogP) is 3.34. The lowest BCUT2D eigenvalue weighted by Crippen LogP contribution is -2.52. The number of nitrogens with one attached hydrogen (secondary N) is 2. The summed E-state index contributed by atoms with van der Waals surface area (Å²) in [5.41, 5.74) is 4.24. The number of amides is 1. The highest BCUT2D eigenvalue weighted by molar-refractivity contribution is 5.73. The molecule has 0 bridgehead atoms. The van der Waals surface area contributed by atoms with E-state index in [1.165, 1.54) is 35.7 Å². The molecule has 3 rings (SSSR count). The molecule has 0 aromatic heterocycles. The largest absolute Gasteiger partial charge is 0.505 e. The molecule has 0 heterocycles. The van der Waals surface area contributed by atoms with Gasteiger partial charge in [0.15, 0.2) is 11.6 Å². The number of halogens is 1. The number of benzene rings is 2. The second-order valence-electron chi connectivity index (χ2n) is 8.78. The molecule has 31 heavy (non-hydrogen) atoms. The maximum absolute atomic E-state index is 13.7. The van der Waals surface area contributed by atoms with Gasteiger partial charge in [0, 0.05) is 19.0 Å². The number of aryl methyl sites for hydroxylation is 2. The highest BCUT2D eigenvalue weighted by atomic mass is 19.1. The first kappa shape index (κ1) is 23.2. The van der Waals surface area contributed by atoms with Crippen molar-refractivity contribution in [2.45, 2.75) is 70.6 Å². The molecule has 2 aromatic carbocycles. The lowest BCUT2D eigenvalue weighted by Gasteiger charge is -2.39. The number of hydrogen-bond acceptors (Lipinski definition) is 4. The third-order valence-electron chi connectivity index (χ3n) is 6.32. The molecule has 5 nitrogen and oxygen atoms in total. The van der Waals surface area contributed by atoms with E-state index in [0.29, 0.717) is 5.56 Å². The molecule has 1 aliphatic carbocycles. The topological polar surface area (TPSA) is 81.6 Å². The molecule has 168 valence electrons. The summed E-state index contributed by atoms with van der Waals surface area (Å²) in [6.45, 7) is 6.00. The average Bonchev–Trinajstić information content (AvgIpc) is 2.74. The molecule has 1 amide bonds. The van der Waals surface area contributed by atoms with Crippen molar-refractivity contribution in [3.05, 3.63) is 64.5 Å². The van der Waals surface area contributed by atoms with E-state index in [2.05, 4.69) is 42.7 Å². The van der Waals surface area contributed by atoms with Crippen molar-refractivity contribution in [2.75, 3.05) is 6.54 Å². The van der Waals surface area contributed by atoms with Crippen LogP contribution in [-0.2, 0) is 29.6 Å². The highest BCUT2D eigenvalue weighted by Gasteiger charge is 2.33. The maximum atomic E-state index is 13.7. The van der Waals surface area contributed by atoms with Gasteiger partial charge in [-0.3, -0.25) is 4.79 Å². The summed E-state index contributed by atoms with van der Waals surface area (Å²) in [5, 5.41) is 26.7. The van der Waals surface area contributed by atoms with Crippen LogP contribution in [0.2, 0.25) is 0 Å². The molecular formula is C25H33FN2O3. The summed E-state index contributed by atoms with van der Waals surface area (Å²) in [6.07, 6.45) is 3.46. The number of phenolic OH excluding ortho intramolecular Hbond substituents is 1. The van der Waals surface area contributed by atoms with Gasteiger partial charge in [-0.1, -0.05) is 31.2 Å². The van der Waals surface area contributed by atoms with Crippen LogP contribution in [0.5, 0.6) is 5.75 Å². The number of aliphatic hydroxyl groups excluding tert-OH is 1. The van der Waals surface area contributed by atoms with E-state index in [-0.39, 0.29) is 24.4 Å². The van der Waals surface area contributed by atoms with Crippen LogP contribution in [0, 0.1) is 5.82 Å². The smallest absolute Gasteiger partial charge is 0.217 e. The normalized spacial score (nSPS) is 20.0. The lowest BCUT2D eigenvalue weighted by molar-refractivity contribution is -0.120. The molecule has 0 saturated carbocycles. The molecule has 0 aliphatic heterocycles. The average molecular weight is 429 g/mol. The Morgan fingerprint density at radius 3 is 2.65 bits per heavy atom. The number of aliphatic hydroxyl groups is 1. The molecule has 0 saturated heterocycles. The van der Waals surface area contributed by atoms with Crippen molar-refractivity contribution in [2.24, 2.45) is 0 Å². The van der Waals surface area contributed by atoms with E-state index in [0.717, 1.165) is 25.7 Å². The molecule has 1 aliphatic rings. The van der Waals surface area contributed by atoms with Gasteiger partial charge in [-0.2, -0.15) is 0 Å². The molecule has 6 heteroatoms. The van der Waals surface area contributed by atoms with Gasteiger partial charge < -0.3 is 20.8 Å². The monoisotopic (exact) mass is 428 g/mol.